The molecule has 0 unspecified atom stereocenters. The van der Waals surface area contributed by atoms with Gasteiger partial charge in [-0.3, -0.25) is 0 Å². The van der Waals surface area contributed by atoms with Crippen molar-refractivity contribution >= 4 is 26.9 Å². The van der Waals surface area contributed by atoms with Gasteiger partial charge in [0.2, 0.25) is 0 Å². The smallest absolute Gasteiger partial charge is 1.00 e. The van der Waals surface area contributed by atoms with E-state index in [4.69, 9.17) is 0 Å². The maximum Gasteiger partial charge on any atom is -1.00 e. The van der Waals surface area contributed by atoms with Crippen LogP contribution in [0.2, 0.25) is 0 Å². The fourth-order valence-electron chi connectivity index (χ4n) is 0. The summed E-state index contributed by atoms with van der Waals surface area (Å²) in [5, 5.41) is 0. The van der Waals surface area contributed by atoms with E-state index in [0.717, 1.165) is 0 Å². The van der Waals surface area contributed by atoms with Crippen molar-refractivity contribution in [1.82, 2.24) is 0 Å². The Labute approximate surface area is 52.7 Å². The second-order valence-corrected chi connectivity index (χ2v) is 7.22. The summed E-state index contributed by atoms with van der Waals surface area (Å²) in [5.41, 5.74) is 0. The number of hydrogen-bond donors (Lipinski definition) is 0. The number of rotatable bonds is 0. The van der Waals surface area contributed by atoms with Gasteiger partial charge >= 0.3 is 40.8 Å². The molecule has 0 heterocycles. The zero-order valence-corrected chi connectivity index (χ0v) is 6.93. The Balaban J connectivity index is 0. The summed E-state index contributed by atoms with van der Waals surface area (Å²) < 4.78 is 0. The molecular formula is Br2ClPd. The predicted octanol–water partition coefficient (Wildman–Crippen LogP) is -1.31. The summed E-state index contributed by atoms with van der Waals surface area (Å²) in [6, 6.07) is 0. The van der Waals surface area contributed by atoms with E-state index in [1.54, 1.807) is 0 Å². The zero-order chi connectivity index (χ0) is 2.71. The molecule has 0 saturated heterocycles. The van der Waals surface area contributed by atoms with Crippen molar-refractivity contribution < 1.29 is 26.4 Å². The third-order valence-corrected chi connectivity index (χ3v) is 0. The summed E-state index contributed by atoms with van der Waals surface area (Å²) in [4.78, 5) is 0. The Morgan fingerprint density at radius 3 is 1.25 bits per heavy atom. The summed E-state index contributed by atoms with van der Waals surface area (Å²) in [6.07, 6.45) is 0. The van der Waals surface area contributed by atoms with Gasteiger partial charge in [-0.15, -0.1) is 0 Å². The third kappa shape index (κ3) is 9.07. The molecule has 0 aromatic heterocycles. The first-order chi connectivity index (χ1) is 1.41. The molecule has 0 aliphatic heterocycles. The van der Waals surface area contributed by atoms with Crippen LogP contribution in [0.5, 0.6) is 0 Å². The Hall–Kier alpha value is 1.91. The van der Waals surface area contributed by atoms with Crippen LogP contribution in [-0.4, -0.2) is 0 Å². The van der Waals surface area contributed by atoms with Crippen LogP contribution in [0.1, 0.15) is 0 Å². The molecule has 0 bridgehead atoms. The second-order valence-electron chi connectivity index (χ2n) is 0.0452. The van der Waals surface area contributed by atoms with Gasteiger partial charge in [-0.05, 0) is 0 Å². The molecule has 0 saturated carbocycles. The predicted molar refractivity (Wildman–Crippen MR) is 17.9 cm³/mol. The minimum Gasteiger partial charge on any atom is -1.00 e. The molecule has 4 heavy (non-hydrogen) atoms. The van der Waals surface area contributed by atoms with E-state index in [0.29, 0.717) is 13.9 Å². The third-order valence-electron chi connectivity index (χ3n) is 0. The topological polar surface area (TPSA) is 0 Å². The summed E-state index contributed by atoms with van der Waals surface area (Å²) >= 11 is 6.80. The van der Waals surface area contributed by atoms with E-state index in [-0.39, 0.29) is 12.4 Å². The van der Waals surface area contributed by atoms with E-state index in [1.165, 1.54) is 0 Å². The maximum absolute atomic E-state index is 3.11. The van der Waals surface area contributed by atoms with Gasteiger partial charge < -0.3 is 12.4 Å². The van der Waals surface area contributed by atoms with E-state index in [2.05, 4.69) is 26.9 Å². The molecular weight excluding hydrogens is 302 g/mol. The van der Waals surface area contributed by atoms with Crippen molar-refractivity contribution in [2.45, 2.75) is 0 Å². The van der Waals surface area contributed by atoms with Crippen LogP contribution in [0.15, 0.2) is 0 Å². The van der Waals surface area contributed by atoms with Gasteiger partial charge in [-0.25, -0.2) is 0 Å². The molecule has 0 aromatic rings. The van der Waals surface area contributed by atoms with Crippen LogP contribution in [-0.2, 0) is 13.9 Å². The van der Waals surface area contributed by atoms with Crippen LogP contribution in [0.25, 0.3) is 0 Å². The van der Waals surface area contributed by atoms with Gasteiger partial charge in [0.1, 0.15) is 0 Å². The van der Waals surface area contributed by atoms with Gasteiger partial charge in [0.15, 0.2) is 0 Å². The monoisotopic (exact) mass is 299 g/mol. The van der Waals surface area contributed by atoms with Gasteiger partial charge in [0, 0.05) is 0 Å². The average molecular weight is 302 g/mol. The standard InChI is InChI=1S/2BrH.ClH.Pd/h3*1H;/q;;;+3/p-3. The van der Waals surface area contributed by atoms with Crippen molar-refractivity contribution in [3.8, 4) is 0 Å². The fraction of sp³-hybridized carbons (Fsp3) is 0. The molecule has 0 N–H and O–H groups in total. The summed E-state index contributed by atoms with van der Waals surface area (Å²) in [7, 11) is 0. The largest absolute Gasteiger partial charge is 1.00 e. The molecule has 0 radical (unpaired) electrons. The first-order valence-electron chi connectivity index (χ1n) is 0.239. The quantitative estimate of drug-likeness (QED) is 0.488. The second kappa shape index (κ2) is 8.86. The van der Waals surface area contributed by atoms with Crippen LogP contribution in [0.3, 0.4) is 0 Å². The first kappa shape index (κ1) is 9.32. The van der Waals surface area contributed by atoms with E-state index >= 15 is 0 Å². The van der Waals surface area contributed by atoms with Crippen molar-refractivity contribution in [2.75, 3.05) is 0 Å². The minimum atomic E-state index is 0. The zero-order valence-electron chi connectivity index (χ0n) is 1.45. The fourth-order valence-corrected chi connectivity index (χ4v) is 0. The van der Waals surface area contributed by atoms with Crippen LogP contribution in [0, 0.1) is 0 Å². The van der Waals surface area contributed by atoms with Crippen molar-refractivity contribution in [3.05, 3.63) is 0 Å². The molecule has 0 amide bonds. The van der Waals surface area contributed by atoms with Gasteiger partial charge in [0.05, 0.1) is 0 Å². The molecule has 0 nitrogen and oxygen atoms in total. The molecule has 0 fully saturated rings. The van der Waals surface area contributed by atoms with E-state index in [1.807, 2.05) is 0 Å². The van der Waals surface area contributed by atoms with E-state index in [9.17, 15) is 0 Å². The average Bonchev–Trinajstić information content (AvgIpc) is 0.918. The normalized spacial score (nSPS) is 5.50. The van der Waals surface area contributed by atoms with Crippen molar-refractivity contribution in [3.63, 3.8) is 0 Å². The molecule has 0 aromatic carbocycles. The number of halogens is 3. The van der Waals surface area contributed by atoms with Crippen LogP contribution >= 0.6 is 26.9 Å². The molecule has 0 aliphatic carbocycles. The van der Waals surface area contributed by atoms with E-state index < -0.39 is 0 Å². The first-order valence-corrected chi connectivity index (χ1v) is 7.35. The summed E-state index contributed by atoms with van der Waals surface area (Å²) in [5.74, 6) is 0. The van der Waals surface area contributed by atoms with Crippen molar-refractivity contribution in [1.29, 1.82) is 0 Å². The molecule has 4 heteroatoms. The van der Waals surface area contributed by atoms with Crippen molar-refractivity contribution in [2.24, 2.45) is 0 Å². The maximum atomic E-state index is 3.11. The van der Waals surface area contributed by atoms with Gasteiger partial charge in [-0.2, -0.15) is 0 Å². The summed E-state index contributed by atoms with van der Waals surface area (Å²) in [6.45, 7) is 0. The Kier molecular flexibility index (Phi) is 20.7. The molecule has 0 spiro atoms. The van der Waals surface area contributed by atoms with Gasteiger partial charge in [0.25, 0.3) is 0 Å². The Morgan fingerprint density at radius 1 is 1.25 bits per heavy atom. The van der Waals surface area contributed by atoms with Gasteiger partial charge in [-0.1, -0.05) is 0 Å². The van der Waals surface area contributed by atoms with Crippen LogP contribution < -0.4 is 12.4 Å². The molecule has 0 atom stereocenters. The Bertz CT molecular complexity index is 6.00. The molecule has 0 aliphatic rings. The molecule has 0 rings (SSSR count). The number of hydrogen-bond acceptors (Lipinski definition) is 0. The minimum absolute atomic E-state index is 0. The Morgan fingerprint density at radius 2 is 1.25 bits per heavy atom. The SMILES string of the molecule is [Br][Pd+][Br].[Cl-]. The molecule has 31 valence electrons. The van der Waals surface area contributed by atoms with Crippen LogP contribution in [0.4, 0.5) is 0 Å².